The summed E-state index contributed by atoms with van der Waals surface area (Å²) in [7, 11) is 0. The van der Waals surface area contributed by atoms with Gasteiger partial charge in [0.15, 0.2) is 0 Å². The van der Waals surface area contributed by atoms with Crippen LogP contribution in [0.5, 0.6) is 0 Å². The molecule has 6 heteroatoms. The van der Waals surface area contributed by atoms with Gasteiger partial charge in [-0.05, 0) is 6.07 Å². The molecule has 0 spiro atoms. The molecule has 1 aromatic carbocycles. The Morgan fingerprint density at radius 2 is 2.25 bits per heavy atom. The van der Waals surface area contributed by atoms with Crippen molar-refractivity contribution in [3.63, 3.8) is 0 Å². The summed E-state index contributed by atoms with van der Waals surface area (Å²) in [5, 5.41) is 10.2. The lowest BCUT2D eigenvalue weighted by Crippen LogP contribution is -2.08. The number of nitrogens with one attached hydrogen (secondary N) is 1. The molecule has 0 saturated carbocycles. The highest BCUT2D eigenvalue weighted by molar-refractivity contribution is 5.51. The second-order valence-electron chi connectivity index (χ2n) is 2.07. The fourth-order valence-electron chi connectivity index (χ4n) is 0.737. The van der Waals surface area contributed by atoms with Crippen LogP contribution < -0.4 is 11.3 Å². The van der Waals surface area contributed by atoms with E-state index in [1.54, 1.807) is 0 Å². The van der Waals surface area contributed by atoms with Crippen LogP contribution in [0.25, 0.3) is 0 Å². The van der Waals surface area contributed by atoms with Crippen LogP contribution >= 0.6 is 0 Å². The summed E-state index contributed by atoms with van der Waals surface area (Å²) < 4.78 is 12.7. The lowest BCUT2D eigenvalue weighted by Gasteiger charge is -1.99. The van der Waals surface area contributed by atoms with Crippen molar-refractivity contribution >= 4 is 11.4 Å². The van der Waals surface area contributed by atoms with Gasteiger partial charge >= 0.3 is 0 Å². The van der Waals surface area contributed by atoms with Crippen molar-refractivity contribution in [2.24, 2.45) is 5.84 Å². The number of nitrogen functional groups attached to an aromatic ring is 1. The summed E-state index contributed by atoms with van der Waals surface area (Å²) in [6.45, 7) is 0. The number of nitro groups is 1. The van der Waals surface area contributed by atoms with Gasteiger partial charge in [0.25, 0.3) is 5.69 Å². The van der Waals surface area contributed by atoms with Gasteiger partial charge in [0, 0.05) is 12.1 Å². The van der Waals surface area contributed by atoms with Crippen molar-refractivity contribution in [2.45, 2.75) is 0 Å². The predicted molar refractivity (Wildman–Crippen MR) is 40.9 cm³/mol. The zero-order chi connectivity index (χ0) is 9.14. The summed E-state index contributed by atoms with van der Waals surface area (Å²) in [5.41, 5.74) is 1.71. The van der Waals surface area contributed by atoms with Crippen LogP contribution in [0.3, 0.4) is 0 Å². The summed E-state index contributed by atoms with van der Waals surface area (Å²) in [4.78, 5) is 9.57. The molecule has 0 atom stereocenters. The van der Waals surface area contributed by atoms with E-state index in [0.717, 1.165) is 18.2 Å². The Hall–Kier alpha value is -1.69. The molecule has 0 heterocycles. The molecule has 12 heavy (non-hydrogen) atoms. The maximum atomic E-state index is 12.7. The minimum Gasteiger partial charge on any atom is -0.321 e. The van der Waals surface area contributed by atoms with Gasteiger partial charge in [-0.25, -0.2) is 4.39 Å². The van der Waals surface area contributed by atoms with E-state index in [4.69, 9.17) is 5.84 Å². The third-order valence-corrected chi connectivity index (χ3v) is 1.32. The first kappa shape index (κ1) is 8.41. The van der Waals surface area contributed by atoms with E-state index in [1.165, 1.54) is 0 Å². The van der Waals surface area contributed by atoms with Gasteiger partial charge in [0.1, 0.15) is 5.82 Å². The molecule has 0 aromatic heterocycles. The first-order valence-corrected chi connectivity index (χ1v) is 3.05. The Labute approximate surface area is 67.1 Å². The van der Waals surface area contributed by atoms with Crippen LogP contribution in [0.4, 0.5) is 15.8 Å². The van der Waals surface area contributed by atoms with Crippen LogP contribution in [0.15, 0.2) is 18.2 Å². The molecule has 3 N–H and O–H groups in total. The largest absolute Gasteiger partial charge is 0.321 e. The lowest BCUT2D eigenvalue weighted by molar-refractivity contribution is -0.384. The maximum absolute atomic E-state index is 12.7. The minimum atomic E-state index is -0.625. The number of nitro benzene ring substituents is 1. The van der Waals surface area contributed by atoms with E-state index < -0.39 is 10.7 Å². The molecule has 0 saturated heterocycles. The number of non-ortho nitro benzene ring substituents is 1. The van der Waals surface area contributed by atoms with E-state index in [2.05, 4.69) is 0 Å². The number of nitrogens with two attached hydrogens (primary N) is 1. The quantitative estimate of drug-likeness (QED) is 0.395. The Morgan fingerprint density at radius 3 is 2.75 bits per heavy atom. The molecule has 64 valence electrons. The van der Waals surface area contributed by atoms with Gasteiger partial charge < -0.3 is 5.43 Å². The molecule has 5 nitrogen and oxygen atoms in total. The first-order chi connectivity index (χ1) is 5.65. The smallest absolute Gasteiger partial charge is 0.271 e. The number of nitrogens with zero attached hydrogens (tertiary/aromatic N) is 1. The Kier molecular flexibility index (Phi) is 2.20. The highest BCUT2D eigenvalue weighted by atomic mass is 19.1. The van der Waals surface area contributed by atoms with Crippen LogP contribution in [0.2, 0.25) is 0 Å². The molecule has 0 fully saturated rings. The Balaban J connectivity index is 3.13. The standard InChI is InChI=1S/C6H6FN3O2/c7-5-2-1-4(10(11)12)3-6(5)9-8/h1-3,9H,8H2. The Morgan fingerprint density at radius 1 is 1.58 bits per heavy atom. The number of hydrogen-bond acceptors (Lipinski definition) is 4. The summed E-state index contributed by atoms with van der Waals surface area (Å²) >= 11 is 0. The molecule has 0 unspecified atom stereocenters. The van der Waals surface area contributed by atoms with Crippen LogP contribution in [-0.4, -0.2) is 4.92 Å². The van der Waals surface area contributed by atoms with Gasteiger partial charge in [0.2, 0.25) is 0 Å². The van der Waals surface area contributed by atoms with E-state index in [1.807, 2.05) is 5.43 Å². The highest BCUT2D eigenvalue weighted by Gasteiger charge is 2.08. The number of anilines is 1. The zero-order valence-electron chi connectivity index (χ0n) is 5.95. The normalized spacial score (nSPS) is 9.50. The lowest BCUT2D eigenvalue weighted by atomic mass is 10.3. The molecule has 1 aromatic rings. The molecule has 0 aliphatic carbocycles. The van der Waals surface area contributed by atoms with Crippen LogP contribution in [-0.2, 0) is 0 Å². The van der Waals surface area contributed by atoms with Gasteiger partial charge in [-0.3, -0.25) is 16.0 Å². The van der Waals surface area contributed by atoms with Gasteiger partial charge in [-0.1, -0.05) is 0 Å². The number of halogens is 1. The number of rotatable bonds is 2. The van der Waals surface area contributed by atoms with Gasteiger partial charge in [-0.15, -0.1) is 0 Å². The summed E-state index contributed by atoms with van der Waals surface area (Å²) in [5.74, 6) is 4.28. The van der Waals surface area contributed by atoms with E-state index in [-0.39, 0.29) is 11.4 Å². The van der Waals surface area contributed by atoms with Crippen LogP contribution in [0.1, 0.15) is 0 Å². The molecule has 0 aliphatic rings. The fourth-order valence-corrected chi connectivity index (χ4v) is 0.737. The first-order valence-electron chi connectivity index (χ1n) is 3.05. The highest BCUT2D eigenvalue weighted by Crippen LogP contribution is 2.19. The van der Waals surface area contributed by atoms with Crippen molar-refractivity contribution in [3.05, 3.63) is 34.1 Å². The van der Waals surface area contributed by atoms with Crippen molar-refractivity contribution in [1.29, 1.82) is 0 Å². The number of hydrazine groups is 1. The topological polar surface area (TPSA) is 81.2 Å². The third kappa shape index (κ3) is 1.48. The average Bonchev–Trinajstić information content (AvgIpc) is 2.05. The third-order valence-electron chi connectivity index (χ3n) is 1.32. The Bertz CT molecular complexity index is 316. The monoisotopic (exact) mass is 171 g/mol. The number of benzene rings is 1. The SMILES string of the molecule is NNc1cc([N+](=O)[O-])ccc1F. The van der Waals surface area contributed by atoms with Crippen molar-refractivity contribution < 1.29 is 9.31 Å². The minimum absolute atomic E-state index is 0.0933. The van der Waals surface area contributed by atoms with Gasteiger partial charge in [-0.2, -0.15) is 0 Å². The fraction of sp³-hybridized carbons (Fsp3) is 0. The second-order valence-corrected chi connectivity index (χ2v) is 2.07. The van der Waals surface area contributed by atoms with E-state index in [0.29, 0.717) is 0 Å². The number of hydrogen-bond donors (Lipinski definition) is 2. The molecule has 0 amide bonds. The molecule has 1 rings (SSSR count). The van der Waals surface area contributed by atoms with Crippen LogP contribution in [0, 0.1) is 15.9 Å². The van der Waals surface area contributed by atoms with Crippen molar-refractivity contribution in [2.75, 3.05) is 5.43 Å². The van der Waals surface area contributed by atoms with Crippen molar-refractivity contribution in [3.8, 4) is 0 Å². The van der Waals surface area contributed by atoms with Crippen molar-refractivity contribution in [1.82, 2.24) is 0 Å². The maximum Gasteiger partial charge on any atom is 0.271 e. The molecule has 0 bridgehead atoms. The van der Waals surface area contributed by atoms with Gasteiger partial charge in [0.05, 0.1) is 10.6 Å². The zero-order valence-corrected chi connectivity index (χ0v) is 5.95. The average molecular weight is 171 g/mol. The summed E-state index contributed by atoms with van der Waals surface area (Å²) in [6, 6.07) is 3.07. The molecule has 0 radical (unpaired) electrons. The second kappa shape index (κ2) is 3.14. The predicted octanol–water partition coefficient (Wildman–Crippen LogP) is 1.02. The summed E-state index contributed by atoms with van der Waals surface area (Å²) in [6.07, 6.45) is 0. The molecule has 0 aliphatic heterocycles. The van der Waals surface area contributed by atoms with E-state index in [9.17, 15) is 14.5 Å². The molecular weight excluding hydrogens is 165 g/mol. The molecular formula is C6H6FN3O2. The van der Waals surface area contributed by atoms with E-state index >= 15 is 0 Å².